The standard InChI is InChI=1S/C33H48N4O9S/c1-23(2)36(30(38)25-14-15-28(44-7)29(18-25)45-17-11-16-43-6)21-26-20-35(32(40)46-33(3,4)5)22-27(26)37(47(41)42)31(39)34-19-24-12-9-8-10-13-24/h8-10,12-15,18,23,26-27H,11,16-17,19-22H2,1-7H3,(H,34,39)(H,41,42)/p-1. The van der Waals surface area contributed by atoms with Crippen LogP contribution >= 0.6 is 0 Å². The molecule has 0 saturated carbocycles. The van der Waals surface area contributed by atoms with E-state index in [-0.39, 0.29) is 38.1 Å². The van der Waals surface area contributed by atoms with Gasteiger partial charge in [0.15, 0.2) is 11.5 Å². The zero-order valence-corrected chi connectivity index (χ0v) is 29.0. The van der Waals surface area contributed by atoms with Crippen molar-refractivity contribution in [3.05, 3.63) is 59.7 Å². The fourth-order valence-electron chi connectivity index (χ4n) is 5.21. The quantitative estimate of drug-likeness (QED) is 0.230. The molecule has 260 valence electrons. The second-order valence-corrected chi connectivity index (χ2v) is 13.3. The monoisotopic (exact) mass is 675 g/mol. The van der Waals surface area contributed by atoms with Crippen molar-refractivity contribution in [2.24, 2.45) is 5.92 Å². The van der Waals surface area contributed by atoms with Gasteiger partial charge < -0.3 is 38.6 Å². The minimum absolute atomic E-state index is 0.0518. The van der Waals surface area contributed by atoms with Crippen LogP contribution in [0.4, 0.5) is 9.59 Å². The summed E-state index contributed by atoms with van der Waals surface area (Å²) in [6.07, 6.45) is 0.00287. The third kappa shape index (κ3) is 10.8. The topological polar surface area (TPSA) is 150 Å². The van der Waals surface area contributed by atoms with Crippen LogP contribution in [0.1, 0.15) is 57.0 Å². The highest BCUT2D eigenvalue weighted by molar-refractivity contribution is 7.77. The third-order valence-corrected chi connectivity index (χ3v) is 8.24. The highest BCUT2D eigenvalue weighted by Gasteiger charge is 2.44. The molecule has 1 aliphatic heterocycles. The molecule has 0 aromatic heterocycles. The molecule has 1 N–H and O–H groups in total. The average Bonchev–Trinajstić information content (AvgIpc) is 3.43. The van der Waals surface area contributed by atoms with Crippen LogP contribution in [0, 0.1) is 5.92 Å². The van der Waals surface area contributed by atoms with Crippen molar-refractivity contribution in [3.8, 4) is 11.5 Å². The maximum atomic E-state index is 14.0. The Kier molecular flexibility index (Phi) is 13.8. The van der Waals surface area contributed by atoms with Crippen LogP contribution in [0.25, 0.3) is 0 Å². The van der Waals surface area contributed by atoms with Gasteiger partial charge in [-0.1, -0.05) is 30.3 Å². The first-order chi connectivity index (χ1) is 22.2. The SMILES string of the molecule is COCCCOc1cc(C(=O)N(CC2CN(C(=O)OC(C)(C)C)CC2N(C(=O)NCc2ccccc2)S(=O)[O-])C(C)C)ccc1OC. The summed E-state index contributed by atoms with van der Waals surface area (Å²) in [5, 5.41) is 2.67. The van der Waals surface area contributed by atoms with Gasteiger partial charge in [-0.25, -0.2) is 13.9 Å². The summed E-state index contributed by atoms with van der Waals surface area (Å²) in [7, 11) is 3.12. The van der Waals surface area contributed by atoms with E-state index in [1.54, 1.807) is 51.0 Å². The number of likely N-dealkylation sites (tertiary alicyclic amines) is 1. The highest BCUT2D eigenvalue weighted by Crippen LogP contribution is 2.31. The summed E-state index contributed by atoms with van der Waals surface area (Å²) in [6.45, 7) is 9.86. The Morgan fingerprint density at radius 2 is 1.74 bits per heavy atom. The number of hydrogen-bond acceptors (Lipinski definition) is 9. The van der Waals surface area contributed by atoms with E-state index in [1.807, 2.05) is 44.2 Å². The van der Waals surface area contributed by atoms with Crippen LogP contribution in [0.5, 0.6) is 11.5 Å². The van der Waals surface area contributed by atoms with E-state index in [0.29, 0.717) is 36.7 Å². The van der Waals surface area contributed by atoms with Crippen molar-refractivity contribution in [1.82, 2.24) is 19.4 Å². The molecule has 3 unspecified atom stereocenters. The normalized spacial score (nSPS) is 16.8. The minimum atomic E-state index is -2.98. The molecule has 4 amide bonds. The zero-order chi connectivity index (χ0) is 34.7. The molecule has 14 heteroatoms. The second kappa shape index (κ2) is 17.3. The molecule has 2 aromatic carbocycles. The number of rotatable bonds is 14. The molecule has 47 heavy (non-hydrogen) atoms. The van der Waals surface area contributed by atoms with Crippen molar-refractivity contribution in [2.45, 2.75) is 65.3 Å². The Morgan fingerprint density at radius 1 is 1.04 bits per heavy atom. The van der Waals surface area contributed by atoms with Gasteiger partial charge in [0.05, 0.1) is 31.0 Å². The number of nitrogens with zero attached hydrogens (tertiary/aromatic N) is 3. The summed E-state index contributed by atoms with van der Waals surface area (Å²) < 4.78 is 47.9. The highest BCUT2D eigenvalue weighted by atomic mass is 32.2. The van der Waals surface area contributed by atoms with Gasteiger partial charge in [0.2, 0.25) is 0 Å². The number of benzene rings is 2. The van der Waals surface area contributed by atoms with Crippen LogP contribution < -0.4 is 14.8 Å². The van der Waals surface area contributed by atoms with Crippen LogP contribution in [-0.2, 0) is 27.3 Å². The molecule has 3 rings (SSSR count). The first kappa shape index (κ1) is 37.6. The van der Waals surface area contributed by atoms with Gasteiger partial charge in [0.25, 0.3) is 5.91 Å². The fourth-order valence-corrected chi connectivity index (χ4v) is 5.87. The van der Waals surface area contributed by atoms with Gasteiger partial charge in [-0.05, 0) is 58.4 Å². The maximum absolute atomic E-state index is 14.0. The molecule has 0 bridgehead atoms. The maximum Gasteiger partial charge on any atom is 0.410 e. The van der Waals surface area contributed by atoms with E-state index < -0.39 is 41.0 Å². The number of urea groups is 1. The fraction of sp³-hybridized carbons (Fsp3) is 0.545. The molecule has 0 radical (unpaired) electrons. The van der Waals surface area contributed by atoms with Crippen molar-refractivity contribution in [1.29, 1.82) is 0 Å². The van der Waals surface area contributed by atoms with Gasteiger partial charge >= 0.3 is 12.1 Å². The van der Waals surface area contributed by atoms with Crippen molar-refractivity contribution in [2.75, 3.05) is 47.1 Å². The molecule has 0 aliphatic carbocycles. The van der Waals surface area contributed by atoms with Crippen LogP contribution in [-0.4, -0.2) is 106 Å². The summed E-state index contributed by atoms with van der Waals surface area (Å²) in [6, 6.07) is 11.9. The summed E-state index contributed by atoms with van der Waals surface area (Å²) in [5.41, 5.74) is 0.328. The summed E-state index contributed by atoms with van der Waals surface area (Å²) in [5.74, 6) is -0.0931. The van der Waals surface area contributed by atoms with E-state index in [0.717, 1.165) is 9.87 Å². The molecule has 1 saturated heterocycles. The molecule has 1 heterocycles. The van der Waals surface area contributed by atoms with Crippen molar-refractivity contribution < 1.29 is 42.1 Å². The molecule has 13 nitrogen and oxygen atoms in total. The molecule has 1 aliphatic rings. The predicted molar refractivity (Wildman–Crippen MR) is 176 cm³/mol. The van der Waals surface area contributed by atoms with Crippen LogP contribution in [0.3, 0.4) is 0 Å². The molecule has 0 spiro atoms. The number of carbonyl (C=O) groups is 3. The number of methoxy groups -OCH3 is 2. The molecule has 3 atom stereocenters. The first-order valence-corrected chi connectivity index (χ1v) is 16.6. The van der Waals surface area contributed by atoms with Gasteiger partial charge in [-0.3, -0.25) is 9.00 Å². The smallest absolute Gasteiger partial charge is 0.410 e. The lowest BCUT2D eigenvalue weighted by Gasteiger charge is -2.36. The van der Waals surface area contributed by atoms with Gasteiger partial charge in [-0.2, -0.15) is 0 Å². The van der Waals surface area contributed by atoms with Crippen LogP contribution in [0.15, 0.2) is 48.5 Å². The Hall–Kier alpha value is -3.88. The van der Waals surface area contributed by atoms with Crippen molar-refractivity contribution >= 4 is 29.3 Å². The van der Waals surface area contributed by atoms with E-state index in [2.05, 4.69) is 5.32 Å². The van der Waals surface area contributed by atoms with E-state index >= 15 is 0 Å². The minimum Gasteiger partial charge on any atom is -0.755 e. The number of ether oxygens (including phenoxy) is 4. The molecular formula is C33H47N4O9S-. The number of hydrogen-bond donors (Lipinski definition) is 1. The Morgan fingerprint density at radius 3 is 2.34 bits per heavy atom. The lowest BCUT2D eigenvalue weighted by atomic mass is 10.0. The predicted octanol–water partition coefficient (Wildman–Crippen LogP) is 4.20. The molecule has 1 fully saturated rings. The number of nitrogens with one attached hydrogen (secondary N) is 1. The Balaban J connectivity index is 1.90. The van der Waals surface area contributed by atoms with Gasteiger partial charge in [0.1, 0.15) is 5.60 Å². The molecular weight excluding hydrogens is 628 g/mol. The van der Waals surface area contributed by atoms with E-state index in [4.69, 9.17) is 18.9 Å². The van der Waals surface area contributed by atoms with Gasteiger partial charge in [-0.15, -0.1) is 0 Å². The zero-order valence-electron chi connectivity index (χ0n) is 28.2. The molecule has 2 aromatic rings. The lowest BCUT2D eigenvalue weighted by Crippen LogP contribution is -2.52. The van der Waals surface area contributed by atoms with Gasteiger partial charge in [0, 0.05) is 63.8 Å². The average molecular weight is 676 g/mol. The summed E-state index contributed by atoms with van der Waals surface area (Å²) in [4.78, 5) is 43.5. The Bertz CT molecular complexity index is 1370. The van der Waals surface area contributed by atoms with Crippen molar-refractivity contribution in [3.63, 3.8) is 0 Å². The van der Waals surface area contributed by atoms with E-state index in [9.17, 15) is 23.1 Å². The van der Waals surface area contributed by atoms with E-state index in [1.165, 1.54) is 12.0 Å². The lowest BCUT2D eigenvalue weighted by molar-refractivity contribution is 0.0281. The second-order valence-electron chi connectivity index (χ2n) is 12.5. The summed E-state index contributed by atoms with van der Waals surface area (Å²) >= 11 is -2.98. The third-order valence-electron chi connectivity index (χ3n) is 7.48. The number of amides is 4. The van der Waals surface area contributed by atoms with Crippen LogP contribution in [0.2, 0.25) is 0 Å². The largest absolute Gasteiger partial charge is 0.755 e. The number of carbonyl (C=O) groups excluding carboxylic acids is 3. The Labute approximate surface area is 279 Å². The first-order valence-electron chi connectivity index (χ1n) is 15.5.